The number of nitrogens with zero attached hydrogens (tertiary/aromatic N) is 2. The maximum absolute atomic E-state index is 10.0. The van der Waals surface area contributed by atoms with Gasteiger partial charge in [-0.15, -0.1) is 0 Å². The van der Waals surface area contributed by atoms with Gasteiger partial charge in [-0.2, -0.15) is 0 Å². The molecule has 0 fully saturated rings. The molecule has 0 bridgehead atoms. The van der Waals surface area contributed by atoms with Gasteiger partial charge in [0.25, 0.3) is 5.96 Å². The summed E-state index contributed by atoms with van der Waals surface area (Å²) in [5.41, 5.74) is 8.58. The Morgan fingerprint density at radius 2 is 2.33 bits per heavy atom. The van der Waals surface area contributed by atoms with Crippen molar-refractivity contribution in [2.75, 3.05) is 0 Å². The van der Waals surface area contributed by atoms with Gasteiger partial charge in [0.15, 0.2) is 5.03 Å². The minimum absolute atomic E-state index is 0.248. The van der Waals surface area contributed by atoms with Crippen LogP contribution in [0.3, 0.4) is 0 Å². The van der Waals surface area contributed by atoms with Crippen LogP contribution in [0.4, 0.5) is 5.69 Å². The van der Waals surface area contributed by atoms with E-state index in [0.717, 1.165) is 10.0 Å². The molecule has 0 heterocycles. The second-order valence-corrected chi connectivity index (χ2v) is 3.65. The molecule has 7 heteroatoms. The maximum Gasteiger partial charge on any atom is 0.256 e. The average molecular weight is 273 g/mol. The van der Waals surface area contributed by atoms with Gasteiger partial charge in [-0.05, 0) is 30.7 Å². The number of aryl methyl sites for hydroxylation is 1. The summed E-state index contributed by atoms with van der Waals surface area (Å²) < 4.78 is 0.947. The summed E-state index contributed by atoms with van der Waals surface area (Å²) in [4.78, 5) is 13.9. The number of hydrogen-bond acceptors (Lipinski definition) is 3. The number of hydrogen-bond donors (Lipinski definition) is 2. The molecule has 6 nitrogen and oxygen atoms in total. The fourth-order valence-corrected chi connectivity index (χ4v) is 1.20. The predicted octanol–water partition coefficient (Wildman–Crippen LogP) is 1.49. The van der Waals surface area contributed by atoms with Crippen LogP contribution in [0.25, 0.3) is 0 Å². The fraction of sp³-hybridized carbons (Fsp3) is 0.125. The molecule has 0 aliphatic carbocycles. The van der Waals surface area contributed by atoms with Crippen molar-refractivity contribution in [3.05, 3.63) is 38.3 Å². The van der Waals surface area contributed by atoms with E-state index < -0.39 is 5.03 Å². The summed E-state index contributed by atoms with van der Waals surface area (Å²) >= 11 is 3.33. The summed E-state index contributed by atoms with van der Waals surface area (Å²) in [5.74, 6) is -0.248. The highest BCUT2D eigenvalue weighted by Gasteiger charge is 2.00. The molecular weight excluding hydrogens is 264 g/mol. The minimum atomic E-state index is -0.759. The third-order valence-corrected chi connectivity index (χ3v) is 2.49. The van der Waals surface area contributed by atoms with E-state index in [-0.39, 0.29) is 5.96 Å². The van der Waals surface area contributed by atoms with E-state index >= 15 is 0 Å². The van der Waals surface area contributed by atoms with Crippen molar-refractivity contribution in [1.82, 2.24) is 5.43 Å². The topological polar surface area (TPSA) is 93.5 Å². The monoisotopic (exact) mass is 272 g/mol. The molecule has 0 spiro atoms. The van der Waals surface area contributed by atoms with Crippen LogP contribution in [-0.4, -0.2) is 11.0 Å². The number of benzene rings is 1. The average Bonchev–Trinajstić information content (AvgIpc) is 2.10. The lowest BCUT2D eigenvalue weighted by atomic mass is 10.2. The van der Waals surface area contributed by atoms with Crippen LogP contribution < -0.4 is 11.2 Å². The Balaban J connectivity index is 2.88. The first-order valence-corrected chi connectivity index (χ1v) is 4.79. The highest BCUT2D eigenvalue weighted by atomic mass is 79.9. The Hall–Kier alpha value is -1.63. The van der Waals surface area contributed by atoms with Crippen LogP contribution in [0.1, 0.15) is 5.56 Å². The zero-order valence-electron chi connectivity index (χ0n) is 7.90. The van der Waals surface area contributed by atoms with Gasteiger partial charge in [0, 0.05) is 4.47 Å². The van der Waals surface area contributed by atoms with Crippen molar-refractivity contribution in [3.8, 4) is 0 Å². The van der Waals surface area contributed by atoms with Crippen molar-refractivity contribution < 1.29 is 5.03 Å². The lowest BCUT2D eigenvalue weighted by molar-refractivity contribution is -0.525. The number of rotatable bonds is 2. The van der Waals surface area contributed by atoms with Gasteiger partial charge in [-0.1, -0.05) is 21.4 Å². The smallest absolute Gasteiger partial charge is 0.256 e. The maximum atomic E-state index is 10.0. The predicted molar refractivity (Wildman–Crippen MR) is 60.3 cm³/mol. The van der Waals surface area contributed by atoms with Gasteiger partial charge in [-0.25, -0.2) is 15.1 Å². The second-order valence-electron chi connectivity index (χ2n) is 2.80. The zero-order valence-corrected chi connectivity index (χ0v) is 9.48. The van der Waals surface area contributed by atoms with Crippen molar-refractivity contribution >= 4 is 27.6 Å². The third kappa shape index (κ3) is 3.55. The van der Waals surface area contributed by atoms with E-state index in [2.05, 4.69) is 20.9 Å². The Morgan fingerprint density at radius 3 is 2.87 bits per heavy atom. The van der Waals surface area contributed by atoms with E-state index in [0.29, 0.717) is 5.69 Å². The highest BCUT2D eigenvalue weighted by Crippen LogP contribution is 2.21. The molecule has 3 N–H and O–H groups in total. The molecule has 0 saturated carbocycles. The van der Waals surface area contributed by atoms with E-state index in [1.807, 2.05) is 6.92 Å². The summed E-state index contributed by atoms with van der Waals surface area (Å²) in [6.45, 7) is 1.89. The Labute approximate surface area is 94.4 Å². The second kappa shape index (κ2) is 4.74. The Kier molecular flexibility index (Phi) is 3.62. The lowest BCUT2D eigenvalue weighted by Gasteiger charge is -2.00. The van der Waals surface area contributed by atoms with Gasteiger partial charge in [0.2, 0.25) is 0 Å². The number of aliphatic imine (C=N–C) groups is 1. The van der Waals surface area contributed by atoms with Crippen molar-refractivity contribution in [2.24, 2.45) is 10.7 Å². The molecule has 0 atom stereocenters. The lowest BCUT2D eigenvalue weighted by Crippen LogP contribution is -2.35. The summed E-state index contributed by atoms with van der Waals surface area (Å²) in [6, 6.07) is 5.26. The number of hydrazine groups is 1. The van der Waals surface area contributed by atoms with Crippen molar-refractivity contribution in [3.63, 3.8) is 0 Å². The molecule has 80 valence electrons. The standard InChI is InChI=1S/C8H9BrN4O2/c1-5-4-6(2-3-7(5)9)11-8(10)12-13(14)15/h2-4H,1H3,(H3,10,11,12). The minimum Gasteiger partial charge on any atom is -0.365 e. The number of halogens is 1. The van der Waals surface area contributed by atoms with Crippen molar-refractivity contribution in [2.45, 2.75) is 6.92 Å². The molecule has 0 aliphatic rings. The molecule has 1 aromatic carbocycles. The van der Waals surface area contributed by atoms with Crippen LogP contribution >= 0.6 is 15.9 Å². The number of nitrogens with one attached hydrogen (secondary N) is 1. The van der Waals surface area contributed by atoms with E-state index in [1.54, 1.807) is 23.6 Å². The third-order valence-electron chi connectivity index (χ3n) is 1.60. The molecule has 15 heavy (non-hydrogen) atoms. The molecule has 0 unspecified atom stereocenters. The zero-order chi connectivity index (χ0) is 11.4. The first kappa shape index (κ1) is 11.4. The van der Waals surface area contributed by atoms with Crippen LogP contribution in [0, 0.1) is 17.0 Å². The van der Waals surface area contributed by atoms with Crippen LogP contribution in [0.15, 0.2) is 27.7 Å². The van der Waals surface area contributed by atoms with E-state index in [9.17, 15) is 10.1 Å². The Morgan fingerprint density at radius 1 is 1.67 bits per heavy atom. The SMILES string of the molecule is Cc1cc(N=C(N)N[N+](=O)[O-])ccc1Br. The number of guanidine groups is 1. The molecule has 0 saturated heterocycles. The highest BCUT2D eigenvalue weighted by molar-refractivity contribution is 9.10. The first-order chi connectivity index (χ1) is 6.99. The van der Waals surface area contributed by atoms with Gasteiger partial charge in [0.05, 0.1) is 5.69 Å². The molecular formula is C8H9BrN4O2. The molecule has 0 aliphatic heterocycles. The molecule has 0 aromatic heterocycles. The van der Waals surface area contributed by atoms with E-state index in [1.165, 1.54) is 0 Å². The summed E-state index contributed by atoms with van der Waals surface area (Å²) in [7, 11) is 0. The number of nitro groups is 1. The molecule has 0 amide bonds. The van der Waals surface area contributed by atoms with E-state index in [4.69, 9.17) is 5.73 Å². The molecule has 1 rings (SSSR count). The van der Waals surface area contributed by atoms with Gasteiger partial charge in [-0.3, -0.25) is 0 Å². The molecule has 1 aromatic rings. The largest absolute Gasteiger partial charge is 0.365 e. The van der Waals surface area contributed by atoms with Gasteiger partial charge < -0.3 is 5.73 Å². The van der Waals surface area contributed by atoms with Gasteiger partial charge in [0.1, 0.15) is 0 Å². The van der Waals surface area contributed by atoms with Gasteiger partial charge >= 0.3 is 0 Å². The fourth-order valence-electron chi connectivity index (χ4n) is 0.956. The Bertz CT molecular complexity index is 419. The van der Waals surface area contributed by atoms with Crippen LogP contribution in [-0.2, 0) is 0 Å². The first-order valence-electron chi connectivity index (χ1n) is 4.00. The van der Waals surface area contributed by atoms with Crippen molar-refractivity contribution in [1.29, 1.82) is 0 Å². The van der Waals surface area contributed by atoms with Crippen LogP contribution in [0.2, 0.25) is 0 Å². The summed E-state index contributed by atoms with van der Waals surface area (Å²) in [5, 5.41) is 9.29. The number of nitrogens with two attached hydrogens (primary N) is 1. The normalized spacial score (nSPS) is 11.2. The quantitative estimate of drug-likeness (QED) is 0.369. The molecule has 0 radical (unpaired) electrons. The summed E-state index contributed by atoms with van der Waals surface area (Å²) in [6.07, 6.45) is 0. The van der Waals surface area contributed by atoms with Crippen LogP contribution in [0.5, 0.6) is 0 Å².